The Morgan fingerprint density at radius 2 is 1.87 bits per heavy atom. The maximum atomic E-state index is 13.0. The van der Waals surface area contributed by atoms with E-state index in [1.54, 1.807) is 19.1 Å². The maximum absolute atomic E-state index is 13.0. The van der Waals surface area contributed by atoms with Crippen LogP contribution in [0.5, 0.6) is 5.75 Å². The molecule has 0 fully saturated rings. The Hall–Kier alpha value is -3.81. The third-order valence-corrected chi connectivity index (χ3v) is 7.24. The minimum atomic E-state index is -4.43. The molecule has 38 heavy (non-hydrogen) atoms. The van der Waals surface area contributed by atoms with Crippen LogP contribution in [0, 0.1) is 0 Å². The highest BCUT2D eigenvalue weighted by Crippen LogP contribution is 2.37. The van der Waals surface area contributed by atoms with Crippen LogP contribution < -0.4 is 9.64 Å². The molecule has 5 rings (SSSR count). The Balaban J connectivity index is 1.29. The molecule has 8 heteroatoms. The predicted molar refractivity (Wildman–Crippen MR) is 136 cm³/mol. The van der Waals surface area contributed by atoms with Gasteiger partial charge in [0.25, 0.3) is 5.91 Å². The van der Waals surface area contributed by atoms with Gasteiger partial charge in [0.1, 0.15) is 12.4 Å². The molecule has 1 aliphatic carbocycles. The van der Waals surface area contributed by atoms with E-state index in [1.807, 2.05) is 24.3 Å². The zero-order chi connectivity index (χ0) is 26.9. The van der Waals surface area contributed by atoms with E-state index in [-0.39, 0.29) is 30.9 Å². The molecule has 0 N–H and O–H groups in total. The Morgan fingerprint density at radius 3 is 2.61 bits per heavy atom. The highest BCUT2D eigenvalue weighted by Gasteiger charge is 2.33. The van der Waals surface area contributed by atoms with Gasteiger partial charge in [-0.2, -0.15) is 13.2 Å². The normalized spacial score (nSPS) is 16.7. The average Bonchev–Trinajstić information content (AvgIpc) is 3.24. The minimum Gasteiger partial charge on any atom is -0.489 e. The van der Waals surface area contributed by atoms with Gasteiger partial charge in [-0.25, -0.2) is 0 Å². The second-order valence-electron chi connectivity index (χ2n) is 9.63. The van der Waals surface area contributed by atoms with Gasteiger partial charge in [0.05, 0.1) is 25.1 Å². The number of carbonyl (C=O) groups is 2. The standard InChI is InChI=1S/C30H28F3NO4/c1-2-37-28(35)16-20-6-3-5-19-15-24(13-14-25(19)20)38-18-21-7-4-8-26-27(21)17-34(29(26)36)23-11-9-22(10-12-23)30(31,32)33/h4,7-15,20H,2-3,5-6,16-18H2,1H3. The first-order valence-electron chi connectivity index (χ1n) is 12.8. The summed E-state index contributed by atoms with van der Waals surface area (Å²) in [6.07, 6.45) is -1.19. The van der Waals surface area contributed by atoms with Gasteiger partial charge in [-0.1, -0.05) is 18.2 Å². The first-order valence-corrected chi connectivity index (χ1v) is 12.8. The lowest BCUT2D eigenvalue weighted by Gasteiger charge is -2.25. The Kier molecular flexibility index (Phi) is 7.15. The number of esters is 1. The largest absolute Gasteiger partial charge is 0.489 e. The fourth-order valence-corrected chi connectivity index (χ4v) is 5.35. The molecule has 3 aromatic rings. The number of anilines is 1. The third kappa shape index (κ3) is 5.26. The van der Waals surface area contributed by atoms with Gasteiger partial charge in [-0.05, 0) is 96.8 Å². The van der Waals surface area contributed by atoms with E-state index in [2.05, 4.69) is 0 Å². The van der Waals surface area contributed by atoms with Crippen LogP contribution in [0.1, 0.15) is 70.3 Å². The summed E-state index contributed by atoms with van der Waals surface area (Å²) in [5.74, 6) is 0.431. The number of rotatable bonds is 7. The summed E-state index contributed by atoms with van der Waals surface area (Å²) in [7, 11) is 0. The lowest BCUT2D eigenvalue weighted by atomic mass is 9.81. The van der Waals surface area contributed by atoms with Crippen molar-refractivity contribution in [3.05, 3.63) is 94.0 Å². The topological polar surface area (TPSA) is 55.8 Å². The highest BCUT2D eigenvalue weighted by atomic mass is 19.4. The van der Waals surface area contributed by atoms with Crippen molar-refractivity contribution < 1.29 is 32.2 Å². The fourth-order valence-electron chi connectivity index (χ4n) is 5.35. The Bertz CT molecular complexity index is 1350. The number of aryl methyl sites for hydroxylation is 1. The number of carbonyl (C=O) groups excluding carboxylic acids is 2. The number of hydrogen-bond acceptors (Lipinski definition) is 4. The van der Waals surface area contributed by atoms with Gasteiger partial charge in [0.2, 0.25) is 0 Å². The van der Waals surface area contributed by atoms with E-state index < -0.39 is 11.7 Å². The van der Waals surface area contributed by atoms with E-state index in [0.29, 0.717) is 30.0 Å². The van der Waals surface area contributed by atoms with Crippen LogP contribution in [-0.4, -0.2) is 18.5 Å². The van der Waals surface area contributed by atoms with Crippen molar-refractivity contribution in [3.63, 3.8) is 0 Å². The number of ether oxygens (including phenoxy) is 2. The van der Waals surface area contributed by atoms with Crippen molar-refractivity contribution in [2.24, 2.45) is 0 Å². The summed E-state index contributed by atoms with van der Waals surface area (Å²) >= 11 is 0. The van der Waals surface area contributed by atoms with E-state index in [0.717, 1.165) is 48.1 Å². The molecule has 0 bridgehead atoms. The zero-order valence-electron chi connectivity index (χ0n) is 21.0. The molecular formula is C30H28F3NO4. The van der Waals surface area contributed by atoms with Crippen molar-refractivity contribution in [1.82, 2.24) is 0 Å². The number of hydrogen-bond donors (Lipinski definition) is 0. The quantitative estimate of drug-likeness (QED) is 0.319. The summed E-state index contributed by atoms with van der Waals surface area (Å²) in [5, 5.41) is 0. The second kappa shape index (κ2) is 10.5. The molecule has 1 unspecified atom stereocenters. The number of amides is 1. The molecule has 5 nitrogen and oxygen atoms in total. The molecular weight excluding hydrogens is 495 g/mol. The second-order valence-corrected chi connectivity index (χ2v) is 9.63. The van der Waals surface area contributed by atoms with Gasteiger partial charge in [-0.15, -0.1) is 0 Å². The molecule has 1 heterocycles. The molecule has 3 aromatic carbocycles. The summed E-state index contributed by atoms with van der Waals surface area (Å²) in [5.41, 5.74) is 4.18. The van der Waals surface area contributed by atoms with Gasteiger partial charge >= 0.3 is 12.1 Å². The van der Waals surface area contributed by atoms with Crippen molar-refractivity contribution in [1.29, 1.82) is 0 Å². The number of nitrogens with zero attached hydrogens (tertiary/aromatic N) is 1. The summed E-state index contributed by atoms with van der Waals surface area (Å²) in [4.78, 5) is 26.5. The first kappa shape index (κ1) is 25.8. The van der Waals surface area contributed by atoms with E-state index in [1.165, 1.54) is 22.6 Å². The van der Waals surface area contributed by atoms with Crippen LogP contribution in [0.3, 0.4) is 0 Å². The number of alkyl halides is 3. The predicted octanol–water partition coefficient (Wildman–Crippen LogP) is 6.82. The summed E-state index contributed by atoms with van der Waals surface area (Å²) < 4.78 is 50.1. The summed E-state index contributed by atoms with van der Waals surface area (Å²) in [6.45, 7) is 2.70. The zero-order valence-corrected chi connectivity index (χ0v) is 21.0. The molecule has 0 radical (unpaired) electrons. The van der Waals surface area contributed by atoms with Crippen LogP contribution in [0.4, 0.5) is 18.9 Å². The Labute approximate surface area is 219 Å². The number of benzene rings is 3. The molecule has 0 spiro atoms. The highest BCUT2D eigenvalue weighted by molar-refractivity contribution is 6.10. The molecule has 198 valence electrons. The lowest BCUT2D eigenvalue weighted by molar-refractivity contribution is -0.143. The van der Waals surface area contributed by atoms with Crippen molar-refractivity contribution in [3.8, 4) is 5.75 Å². The summed E-state index contributed by atoms with van der Waals surface area (Å²) in [6, 6.07) is 16.0. The SMILES string of the molecule is CCOC(=O)CC1CCCc2cc(OCc3cccc4c3CN(c3ccc(C(F)(F)F)cc3)C4=O)ccc21. The molecule has 1 aliphatic heterocycles. The van der Waals surface area contributed by atoms with E-state index >= 15 is 0 Å². The molecule has 0 saturated heterocycles. The van der Waals surface area contributed by atoms with Gasteiger partial charge in [0.15, 0.2) is 0 Å². The van der Waals surface area contributed by atoms with Crippen LogP contribution in [0.2, 0.25) is 0 Å². The van der Waals surface area contributed by atoms with Crippen LogP contribution >= 0.6 is 0 Å². The third-order valence-electron chi connectivity index (χ3n) is 7.24. The Morgan fingerprint density at radius 1 is 1.08 bits per heavy atom. The first-order chi connectivity index (χ1) is 18.2. The minimum absolute atomic E-state index is 0.145. The molecule has 1 amide bonds. The van der Waals surface area contributed by atoms with Gasteiger partial charge < -0.3 is 14.4 Å². The van der Waals surface area contributed by atoms with Crippen LogP contribution in [0.15, 0.2) is 60.7 Å². The molecule has 0 saturated carbocycles. The van der Waals surface area contributed by atoms with Gasteiger partial charge in [-0.3, -0.25) is 9.59 Å². The lowest BCUT2D eigenvalue weighted by Crippen LogP contribution is -2.23. The number of halogens is 3. The van der Waals surface area contributed by atoms with E-state index in [9.17, 15) is 22.8 Å². The fraction of sp³-hybridized carbons (Fsp3) is 0.333. The number of fused-ring (bicyclic) bond motifs is 2. The monoisotopic (exact) mass is 523 g/mol. The van der Waals surface area contributed by atoms with Crippen LogP contribution in [-0.2, 0) is 35.3 Å². The average molecular weight is 524 g/mol. The van der Waals surface area contributed by atoms with Gasteiger partial charge in [0, 0.05) is 11.3 Å². The molecule has 2 aliphatic rings. The van der Waals surface area contributed by atoms with Crippen molar-refractivity contribution in [2.45, 2.75) is 57.9 Å². The smallest absolute Gasteiger partial charge is 0.416 e. The maximum Gasteiger partial charge on any atom is 0.416 e. The van der Waals surface area contributed by atoms with Crippen LogP contribution in [0.25, 0.3) is 0 Å². The van der Waals surface area contributed by atoms with Crippen molar-refractivity contribution in [2.75, 3.05) is 11.5 Å². The molecule has 0 aromatic heterocycles. The van der Waals surface area contributed by atoms with E-state index in [4.69, 9.17) is 9.47 Å². The molecule has 1 atom stereocenters. The van der Waals surface area contributed by atoms with Crippen molar-refractivity contribution >= 4 is 17.6 Å².